The van der Waals surface area contributed by atoms with Crippen LogP contribution in [0, 0.1) is 6.92 Å². The molecule has 0 radical (unpaired) electrons. The van der Waals surface area contributed by atoms with Gasteiger partial charge in [-0.3, -0.25) is 4.79 Å². The number of hydrogen-bond acceptors (Lipinski definition) is 4. The number of carbonyl (C=O) groups excluding carboxylic acids is 1. The maximum absolute atomic E-state index is 12.5. The number of carbonyl (C=O) groups is 1. The van der Waals surface area contributed by atoms with Crippen molar-refractivity contribution in [1.82, 2.24) is 4.90 Å². The second-order valence-electron chi connectivity index (χ2n) is 5.30. The number of hydrogen-bond donors (Lipinski definition) is 1. The summed E-state index contributed by atoms with van der Waals surface area (Å²) in [6.45, 7) is 2.68. The molecule has 0 aliphatic carbocycles. The van der Waals surface area contributed by atoms with E-state index in [2.05, 4.69) is 0 Å². The monoisotopic (exact) mass is 297 g/mol. The van der Waals surface area contributed by atoms with E-state index >= 15 is 0 Å². The summed E-state index contributed by atoms with van der Waals surface area (Å²) < 4.78 is 23.2. The highest BCUT2D eigenvalue weighted by Gasteiger charge is 2.24. The molecule has 110 valence electrons. The number of sulfone groups is 1. The summed E-state index contributed by atoms with van der Waals surface area (Å²) in [4.78, 5) is 14.2. The second-order valence-corrected chi connectivity index (χ2v) is 7.31. The normalized spacial score (nSPS) is 19.9. The second kappa shape index (κ2) is 5.54. The smallest absolute Gasteiger partial charge is 0.254 e. The Morgan fingerprint density at radius 3 is 2.70 bits per heavy atom. The van der Waals surface area contributed by atoms with E-state index in [-0.39, 0.29) is 10.8 Å². The van der Waals surface area contributed by atoms with Gasteiger partial charge in [0.15, 0.2) is 9.84 Å². The fourth-order valence-corrected chi connectivity index (χ4v) is 3.02. The van der Waals surface area contributed by atoms with Crippen molar-refractivity contribution in [3.05, 3.63) is 29.3 Å². The van der Waals surface area contributed by atoms with Crippen LogP contribution in [-0.2, 0) is 9.84 Å². The molecule has 0 bridgehead atoms. The molecule has 6 heteroatoms. The van der Waals surface area contributed by atoms with Gasteiger partial charge in [0.2, 0.25) is 0 Å². The predicted octanol–water partition coefficient (Wildman–Crippen LogP) is 0.995. The van der Waals surface area contributed by atoms with Gasteiger partial charge in [-0.05, 0) is 37.5 Å². The Bertz CT molecular complexity index is 624. The molecule has 0 saturated carbocycles. The van der Waals surface area contributed by atoms with Crippen LogP contribution in [0.4, 0.5) is 0 Å². The van der Waals surface area contributed by atoms with Gasteiger partial charge in [0.05, 0.1) is 11.0 Å². The molecule has 1 aromatic rings. The molecule has 1 saturated heterocycles. The van der Waals surface area contributed by atoms with Crippen molar-refractivity contribution < 1.29 is 18.3 Å². The first-order chi connectivity index (χ1) is 9.29. The van der Waals surface area contributed by atoms with Crippen molar-refractivity contribution in [3.8, 4) is 0 Å². The molecular weight excluding hydrogens is 278 g/mol. The molecule has 2 rings (SSSR count). The molecule has 1 amide bonds. The third-order valence-electron chi connectivity index (χ3n) is 3.55. The number of likely N-dealkylation sites (tertiary alicyclic amines) is 1. The zero-order valence-corrected chi connectivity index (χ0v) is 12.5. The van der Waals surface area contributed by atoms with Gasteiger partial charge in [0.25, 0.3) is 5.91 Å². The Labute approximate surface area is 119 Å². The lowest BCUT2D eigenvalue weighted by Crippen LogP contribution is -2.42. The average Bonchev–Trinajstić information content (AvgIpc) is 2.37. The summed E-state index contributed by atoms with van der Waals surface area (Å²) in [6, 6.07) is 4.57. The van der Waals surface area contributed by atoms with Crippen molar-refractivity contribution in [2.75, 3.05) is 19.3 Å². The van der Waals surface area contributed by atoms with Gasteiger partial charge in [-0.25, -0.2) is 8.42 Å². The minimum Gasteiger partial charge on any atom is -0.391 e. The van der Waals surface area contributed by atoms with Gasteiger partial charge in [0.1, 0.15) is 0 Å². The van der Waals surface area contributed by atoms with Crippen LogP contribution in [0.3, 0.4) is 0 Å². The first-order valence-electron chi connectivity index (χ1n) is 6.57. The van der Waals surface area contributed by atoms with E-state index in [0.717, 1.165) is 18.2 Å². The highest BCUT2D eigenvalue weighted by molar-refractivity contribution is 7.90. The number of aliphatic hydroxyl groups excluding tert-OH is 1. The van der Waals surface area contributed by atoms with E-state index in [4.69, 9.17) is 0 Å². The van der Waals surface area contributed by atoms with Gasteiger partial charge in [-0.2, -0.15) is 0 Å². The molecule has 1 heterocycles. The zero-order chi connectivity index (χ0) is 14.9. The van der Waals surface area contributed by atoms with Crippen molar-refractivity contribution in [2.45, 2.75) is 30.8 Å². The number of amides is 1. The Balaban J connectivity index is 2.34. The van der Waals surface area contributed by atoms with Crippen LogP contribution >= 0.6 is 0 Å². The highest BCUT2D eigenvalue weighted by atomic mass is 32.2. The first-order valence-corrected chi connectivity index (χ1v) is 8.46. The third kappa shape index (κ3) is 3.19. The van der Waals surface area contributed by atoms with Crippen LogP contribution in [0.1, 0.15) is 28.8 Å². The number of nitrogens with zero attached hydrogens (tertiary/aromatic N) is 1. The van der Waals surface area contributed by atoms with E-state index in [1.807, 2.05) is 0 Å². The molecule has 1 N–H and O–H groups in total. The predicted molar refractivity (Wildman–Crippen MR) is 75.4 cm³/mol. The Hall–Kier alpha value is -1.40. The van der Waals surface area contributed by atoms with Crippen molar-refractivity contribution in [1.29, 1.82) is 0 Å². The van der Waals surface area contributed by atoms with Crippen molar-refractivity contribution in [3.63, 3.8) is 0 Å². The fraction of sp³-hybridized carbons (Fsp3) is 0.500. The molecule has 5 nitrogen and oxygen atoms in total. The quantitative estimate of drug-likeness (QED) is 0.883. The average molecular weight is 297 g/mol. The Morgan fingerprint density at radius 1 is 1.40 bits per heavy atom. The number of benzene rings is 1. The van der Waals surface area contributed by atoms with Gasteiger partial charge >= 0.3 is 0 Å². The standard InChI is InChI=1S/C14H19NO4S/c1-10-5-6-12(20(2,18)19)8-13(10)14(17)15-7-3-4-11(16)9-15/h5-6,8,11,16H,3-4,7,9H2,1-2H3/t11-/m0/s1. The van der Waals surface area contributed by atoms with Gasteiger partial charge < -0.3 is 10.0 Å². The molecule has 0 unspecified atom stereocenters. The molecular formula is C14H19NO4S. The van der Waals surface area contributed by atoms with Crippen LogP contribution in [0.25, 0.3) is 0 Å². The van der Waals surface area contributed by atoms with Crippen LogP contribution in [0.5, 0.6) is 0 Å². The summed E-state index contributed by atoms with van der Waals surface area (Å²) in [7, 11) is -3.34. The minimum absolute atomic E-state index is 0.143. The third-order valence-corrected chi connectivity index (χ3v) is 4.66. The van der Waals surface area contributed by atoms with Crippen molar-refractivity contribution in [2.24, 2.45) is 0 Å². The van der Waals surface area contributed by atoms with E-state index in [1.165, 1.54) is 12.1 Å². The van der Waals surface area contributed by atoms with Gasteiger partial charge in [-0.15, -0.1) is 0 Å². The number of rotatable bonds is 2. The van der Waals surface area contributed by atoms with E-state index in [0.29, 0.717) is 25.1 Å². The molecule has 1 aliphatic rings. The number of aryl methyl sites for hydroxylation is 1. The fourth-order valence-electron chi connectivity index (χ4n) is 2.37. The van der Waals surface area contributed by atoms with Crippen molar-refractivity contribution >= 4 is 15.7 Å². The van der Waals surface area contributed by atoms with Crippen LogP contribution in [0.15, 0.2) is 23.1 Å². The Kier molecular flexibility index (Phi) is 4.15. The molecule has 1 atom stereocenters. The highest BCUT2D eigenvalue weighted by Crippen LogP contribution is 2.19. The summed E-state index contributed by atoms with van der Waals surface area (Å²) in [5.74, 6) is -0.216. The van der Waals surface area contributed by atoms with E-state index in [1.54, 1.807) is 17.9 Å². The Morgan fingerprint density at radius 2 is 2.10 bits per heavy atom. The molecule has 1 aliphatic heterocycles. The molecule has 1 aromatic carbocycles. The lowest BCUT2D eigenvalue weighted by Gasteiger charge is -2.30. The zero-order valence-electron chi connectivity index (χ0n) is 11.7. The summed E-state index contributed by atoms with van der Waals surface area (Å²) in [5, 5.41) is 9.64. The van der Waals surface area contributed by atoms with Crippen LogP contribution in [0.2, 0.25) is 0 Å². The SMILES string of the molecule is Cc1ccc(S(C)(=O)=O)cc1C(=O)N1CCC[C@H](O)C1. The molecule has 0 aromatic heterocycles. The largest absolute Gasteiger partial charge is 0.391 e. The first kappa shape index (κ1) is 15.0. The summed E-state index contributed by atoms with van der Waals surface area (Å²) in [6.07, 6.45) is 2.09. The maximum Gasteiger partial charge on any atom is 0.254 e. The van der Waals surface area contributed by atoms with Gasteiger partial charge in [-0.1, -0.05) is 6.07 Å². The van der Waals surface area contributed by atoms with E-state index in [9.17, 15) is 18.3 Å². The molecule has 20 heavy (non-hydrogen) atoms. The van der Waals surface area contributed by atoms with E-state index < -0.39 is 15.9 Å². The minimum atomic E-state index is -3.34. The van der Waals surface area contributed by atoms with Crippen LogP contribution in [-0.4, -0.2) is 49.8 Å². The summed E-state index contributed by atoms with van der Waals surface area (Å²) >= 11 is 0. The summed E-state index contributed by atoms with van der Waals surface area (Å²) in [5.41, 5.74) is 1.13. The molecule has 0 spiro atoms. The topological polar surface area (TPSA) is 74.7 Å². The lowest BCUT2D eigenvalue weighted by molar-refractivity contribution is 0.0473. The number of β-amino-alcohol motifs (C(OH)–C–C–N with tert-alkyl or cyclic N) is 1. The maximum atomic E-state index is 12.5. The molecule has 1 fully saturated rings. The number of piperidine rings is 1. The van der Waals surface area contributed by atoms with Gasteiger partial charge in [0, 0.05) is 24.9 Å². The number of aliphatic hydroxyl groups is 1. The lowest BCUT2D eigenvalue weighted by atomic mass is 10.0. The van der Waals surface area contributed by atoms with Crippen LogP contribution < -0.4 is 0 Å².